The van der Waals surface area contributed by atoms with E-state index in [0.717, 1.165) is 5.56 Å². The molecule has 0 amide bonds. The van der Waals surface area contributed by atoms with Gasteiger partial charge in [0.05, 0.1) is 15.6 Å². The SMILES string of the molecule is CCC(C)(N)c1noc(-c2ccc(Cl)c(Cl)c2)n1. The lowest BCUT2D eigenvalue weighted by atomic mass is 10.0. The molecule has 96 valence electrons. The second-order valence-corrected chi connectivity index (χ2v) is 5.14. The topological polar surface area (TPSA) is 64.9 Å². The average Bonchev–Trinajstić information content (AvgIpc) is 2.83. The zero-order chi connectivity index (χ0) is 13.3. The summed E-state index contributed by atoms with van der Waals surface area (Å²) in [5.74, 6) is 0.861. The first-order valence-corrected chi connectivity index (χ1v) is 6.28. The normalized spacial score (nSPS) is 14.5. The van der Waals surface area contributed by atoms with Crippen LogP contribution in [0, 0.1) is 0 Å². The molecule has 0 aliphatic heterocycles. The van der Waals surface area contributed by atoms with E-state index in [1.165, 1.54) is 0 Å². The summed E-state index contributed by atoms with van der Waals surface area (Å²) in [5, 5.41) is 4.83. The zero-order valence-electron chi connectivity index (χ0n) is 10.1. The highest BCUT2D eigenvalue weighted by Crippen LogP contribution is 2.28. The lowest BCUT2D eigenvalue weighted by molar-refractivity contribution is 0.379. The first-order valence-electron chi connectivity index (χ1n) is 5.52. The third kappa shape index (κ3) is 2.51. The minimum absolute atomic E-state index is 0.383. The second kappa shape index (κ2) is 4.88. The maximum absolute atomic E-state index is 6.05. The van der Waals surface area contributed by atoms with Gasteiger partial charge >= 0.3 is 0 Å². The fourth-order valence-corrected chi connectivity index (χ4v) is 1.66. The number of benzene rings is 1. The van der Waals surface area contributed by atoms with E-state index in [-0.39, 0.29) is 0 Å². The Morgan fingerprint density at radius 2 is 2.06 bits per heavy atom. The number of halogens is 2. The molecular formula is C12H13Cl2N3O. The van der Waals surface area contributed by atoms with Crippen LogP contribution >= 0.6 is 23.2 Å². The highest BCUT2D eigenvalue weighted by molar-refractivity contribution is 6.42. The van der Waals surface area contributed by atoms with Gasteiger partial charge in [0.1, 0.15) is 0 Å². The van der Waals surface area contributed by atoms with Gasteiger partial charge in [-0.05, 0) is 31.5 Å². The maximum Gasteiger partial charge on any atom is 0.258 e. The van der Waals surface area contributed by atoms with Gasteiger partial charge in [-0.25, -0.2) is 0 Å². The fraction of sp³-hybridized carbons (Fsp3) is 0.333. The van der Waals surface area contributed by atoms with E-state index in [1.807, 2.05) is 13.8 Å². The highest BCUT2D eigenvalue weighted by Gasteiger charge is 2.25. The second-order valence-electron chi connectivity index (χ2n) is 4.32. The quantitative estimate of drug-likeness (QED) is 0.935. The fourth-order valence-electron chi connectivity index (χ4n) is 1.36. The molecule has 0 fully saturated rings. The molecule has 18 heavy (non-hydrogen) atoms. The summed E-state index contributed by atoms with van der Waals surface area (Å²) in [4.78, 5) is 4.29. The Bertz CT molecular complexity index is 566. The molecule has 1 heterocycles. The summed E-state index contributed by atoms with van der Waals surface area (Å²) >= 11 is 11.8. The molecular weight excluding hydrogens is 273 g/mol. The van der Waals surface area contributed by atoms with Crippen molar-refractivity contribution in [2.45, 2.75) is 25.8 Å². The van der Waals surface area contributed by atoms with Crippen molar-refractivity contribution >= 4 is 23.2 Å². The van der Waals surface area contributed by atoms with Gasteiger partial charge in [0, 0.05) is 5.56 Å². The van der Waals surface area contributed by atoms with Crippen LogP contribution in [0.5, 0.6) is 0 Å². The maximum atomic E-state index is 6.05. The molecule has 2 rings (SSSR count). The van der Waals surface area contributed by atoms with E-state index in [2.05, 4.69) is 10.1 Å². The monoisotopic (exact) mass is 285 g/mol. The summed E-state index contributed by atoms with van der Waals surface area (Å²) in [6.45, 7) is 3.83. The molecule has 0 aliphatic carbocycles. The van der Waals surface area contributed by atoms with Crippen molar-refractivity contribution < 1.29 is 4.52 Å². The number of hydrogen-bond acceptors (Lipinski definition) is 4. The van der Waals surface area contributed by atoms with Crippen molar-refractivity contribution in [3.8, 4) is 11.5 Å². The van der Waals surface area contributed by atoms with E-state index in [4.69, 9.17) is 33.5 Å². The number of aromatic nitrogens is 2. The Morgan fingerprint density at radius 1 is 1.33 bits per heavy atom. The van der Waals surface area contributed by atoms with Gasteiger partial charge in [0.2, 0.25) is 0 Å². The van der Waals surface area contributed by atoms with Crippen molar-refractivity contribution in [1.29, 1.82) is 0 Å². The predicted molar refractivity (Wildman–Crippen MR) is 71.6 cm³/mol. The Morgan fingerprint density at radius 3 is 2.67 bits per heavy atom. The first kappa shape index (κ1) is 13.3. The van der Waals surface area contributed by atoms with Crippen LogP contribution in [0.4, 0.5) is 0 Å². The molecule has 2 N–H and O–H groups in total. The number of nitrogens with zero attached hydrogens (tertiary/aromatic N) is 2. The van der Waals surface area contributed by atoms with Crippen molar-refractivity contribution in [3.05, 3.63) is 34.1 Å². The third-order valence-corrected chi connectivity index (χ3v) is 3.58. The smallest absolute Gasteiger partial charge is 0.258 e. The molecule has 2 aromatic rings. The van der Waals surface area contributed by atoms with E-state index in [0.29, 0.717) is 28.2 Å². The Labute approximate surface area is 115 Å². The van der Waals surface area contributed by atoms with Gasteiger partial charge in [0.15, 0.2) is 5.82 Å². The summed E-state index contributed by atoms with van der Waals surface area (Å²) in [5.41, 5.74) is 6.17. The van der Waals surface area contributed by atoms with Crippen molar-refractivity contribution in [3.63, 3.8) is 0 Å². The van der Waals surface area contributed by atoms with Gasteiger partial charge in [-0.1, -0.05) is 35.3 Å². The highest BCUT2D eigenvalue weighted by atomic mass is 35.5. The first-order chi connectivity index (χ1) is 8.44. The number of rotatable bonds is 3. The van der Waals surface area contributed by atoms with Gasteiger partial charge in [-0.15, -0.1) is 0 Å². The van der Waals surface area contributed by atoms with Crippen LogP contribution in [-0.2, 0) is 5.54 Å². The van der Waals surface area contributed by atoms with Gasteiger partial charge in [-0.2, -0.15) is 4.98 Å². The molecule has 1 aromatic heterocycles. The minimum Gasteiger partial charge on any atom is -0.334 e. The van der Waals surface area contributed by atoms with Crippen LogP contribution in [0.15, 0.2) is 22.7 Å². The molecule has 6 heteroatoms. The van der Waals surface area contributed by atoms with Crippen molar-refractivity contribution in [2.75, 3.05) is 0 Å². The van der Waals surface area contributed by atoms with E-state index in [1.54, 1.807) is 18.2 Å². The summed E-state index contributed by atoms with van der Waals surface area (Å²) in [6.07, 6.45) is 0.716. The summed E-state index contributed by atoms with van der Waals surface area (Å²) in [7, 11) is 0. The molecule has 1 aromatic carbocycles. The molecule has 0 spiro atoms. The molecule has 4 nitrogen and oxygen atoms in total. The van der Waals surface area contributed by atoms with Gasteiger partial charge in [-0.3, -0.25) is 0 Å². The van der Waals surface area contributed by atoms with Crippen LogP contribution in [0.3, 0.4) is 0 Å². The Hall–Kier alpha value is -1.10. The number of hydrogen-bond donors (Lipinski definition) is 1. The third-order valence-electron chi connectivity index (χ3n) is 2.84. The number of nitrogens with two attached hydrogens (primary N) is 1. The molecule has 0 radical (unpaired) electrons. The van der Waals surface area contributed by atoms with Crippen molar-refractivity contribution in [2.24, 2.45) is 5.73 Å². The van der Waals surface area contributed by atoms with Crippen LogP contribution < -0.4 is 5.73 Å². The average molecular weight is 286 g/mol. The lowest BCUT2D eigenvalue weighted by Gasteiger charge is -2.16. The van der Waals surface area contributed by atoms with E-state index >= 15 is 0 Å². The molecule has 0 bridgehead atoms. The standard InChI is InChI=1S/C12H13Cl2N3O/c1-3-12(2,15)11-16-10(18-17-11)7-4-5-8(13)9(14)6-7/h4-6H,3,15H2,1-2H3. The van der Waals surface area contributed by atoms with Crippen LogP contribution in [0.1, 0.15) is 26.1 Å². The summed E-state index contributed by atoms with van der Waals surface area (Å²) < 4.78 is 5.19. The van der Waals surface area contributed by atoms with Crippen LogP contribution in [0.2, 0.25) is 10.0 Å². The predicted octanol–water partition coefficient (Wildman–Crippen LogP) is 3.63. The molecule has 0 aliphatic rings. The van der Waals surface area contributed by atoms with Crippen LogP contribution in [0.25, 0.3) is 11.5 Å². The summed E-state index contributed by atoms with van der Waals surface area (Å²) in [6, 6.07) is 5.14. The van der Waals surface area contributed by atoms with Crippen molar-refractivity contribution in [1.82, 2.24) is 10.1 Å². The largest absolute Gasteiger partial charge is 0.334 e. The van der Waals surface area contributed by atoms with E-state index < -0.39 is 5.54 Å². The Kier molecular flexibility index (Phi) is 3.61. The van der Waals surface area contributed by atoms with Gasteiger partial charge in [0.25, 0.3) is 5.89 Å². The molecule has 1 atom stereocenters. The zero-order valence-corrected chi connectivity index (χ0v) is 11.6. The Balaban J connectivity index is 2.38. The minimum atomic E-state index is -0.599. The van der Waals surface area contributed by atoms with Gasteiger partial charge < -0.3 is 10.3 Å². The lowest BCUT2D eigenvalue weighted by Crippen LogP contribution is -2.33. The van der Waals surface area contributed by atoms with Crippen LogP contribution in [-0.4, -0.2) is 10.1 Å². The molecule has 0 saturated carbocycles. The molecule has 0 saturated heterocycles. The molecule has 1 unspecified atom stereocenters. The van der Waals surface area contributed by atoms with E-state index in [9.17, 15) is 0 Å².